The Kier molecular flexibility index (Phi) is 5.49. The molecule has 0 atom stereocenters. The summed E-state index contributed by atoms with van der Waals surface area (Å²) in [6, 6.07) is 4.06. The van der Waals surface area contributed by atoms with Gasteiger partial charge in [0, 0.05) is 32.7 Å². The molecule has 20 heavy (non-hydrogen) atoms. The average molecular weight is 280 g/mol. The van der Waals surface area contributed by atoms with Gasteiger partial charge in [0.2, 0.25) is 5.75 Å². The van der Waals surface area contributed by atoms with Gasteiger partial charge in [0.25, 0.3) is 0 Å². The van der Waals surface area contributed by atoms with Crippen LogP contribution in [0, 0.1) is 0 Å². The molecular weight excluding hydrogens is 256 g/mol. The zero-order chi connectivity index (χ0) is 14.4. The van der Waals surface area contributed by atoms with Gasteiger partial charge in [0.1, 0.15) is 0 Å². The van der Waals surface area contributed by atoms with Gasteiger partial charge in [-0.3, -0.25) is 0 Å². The van der Waals surface area contributed by atoms with Crippen molar-refractivity contribution in [3.63, 3.8) is 0 Å². The van der Waals surface area contributed by atoms with E-state index in [4.69, 9.17) is 14.2 Å². The minimum absolute atomic E-state index is 0.654. The number of benzene rings is 1. The summed E-state index contributed by atoms with van der Waals surface area (Å²) >= 11 is 0. The third-order valence-corrected chi connectivity index (χ3v) is 3.65. The molecule has 0 bridgehead atoms. The third kappa shape index (κ3) is 3.55. The van der Waals surface area contributed by atoms with E-state index in [1.165, 1.54) is 5.56 Å². The molecule has 0 aliphatic carbocycles. The van der Waals surface area contributed by atoms with Crippen LogP contribution in [0.3, 0.4) is 0 Å². The molecule has 2 rings (SSSR count). The smallest absolute Gasteiger partial charge is 0.203 e. The van der Waals surface area contributed by atoms with Crippen LogP contribution in [0.2, 0.25) is 0 Å². The standard InChI is InChI=1S/C15H24N2O3/c1-18-13-10-12(11-14(19-2)15(13)20-3)4-7-17-8-5-16-6-9-17/h10-11,16H,4-9H2,1-3H3. The second-order valence-electron chi connectivity index (χ2n) is 4.88. The summed E-state index contributed by atoms with van der Waals surface area (Å²) in [5.74, 6) is 2.10. The maximum absolute atomic E-state index is 5.38. The lowest BCUT2D eigenvalue weighted by Crippen LogP contribution is -2.44. The van der Waals surface area contributed by atoms with E-state index in [0.29, 0.717) is 5.75 Å². The van der Waals surface area contributed by atoms with Gasteiger partial charge in [-0.2, -0.15) is 0 Å². The predicted octanol–water partition coefficient (Wildman–Crippen LogP) is 1.16. The Hall–Kier alpha value is -1.46. The highest BCUT2D eigenvalue weighted by atomic mass is 16.5. The number of rotatable bonds is 6. The minimum Gasteiger partial charge on any atom is -0.493 e. The molecule has 0 unspecified atom stereocenters. The molecule has 5 nitrogen and oxygen atoms in total. The first-order valence-electron chi connectivity index (χ1n) is 7.00. The molecule has 1 fully saturated rings. The van der Waals surface area contributed by atoms with Gasteiger partial charge >= 0.3 is 0 Å². The van der Waals surface area contributed by atoms with Crippen LogP contribution in [-0.4, -0.2) is 59.0 Å². The minimum atomic E-state index is 0.654. The summed E-state index contributed by atoms with van der Waals surface area (Å²) in [5, 5.41) is 3.37. The van der Waals surface area contributed by atoms with Gasteiger partial charge in [0.05, 0.1) is 21.3 Å². The average Bonchev–Trinajstić information content (AvgIpc) is 2.52. The molecule has 0 spiro atoms. The molecule has 1 aliphatic rings. The van der Waals surface area contributed by atoms with Crippen molar-refractivity contribution in [3.05, 3.63) is 17.7 Å². The lowest BCUT2D eigenvalue weighted by Gasteiger charge is -2.27. The monoisotopic (exact) mass is 280 g/mol. The number of piperazine rings is 1. The number of ether oxygens (including phenoxy) is 3. The number of hydrogen-bond donors (Lipinski definition) is 1. The van der Waals surface area contributed by atoms with E-state index in [1.807, 2.05) is 12.1 Å². The SMILES string of the molecule is COc1cc(CCN2CCNCC2)cc(OC)c1OC. The predicted molar refractivity (Wildman–Crippen MR) is 79.1 cm³/mol. The molecule has 1 aromatic rings. The highest BCUT2D eigenvalue weighted by Crippen LogP contribution is 2.38. The van der Waals surface area contributed by atoms with E-state index in [1.54, 1.807) is 21.3 Å². The fourth-order valence-electron chi connectivity index (χ4n) is 2.50. The van der Waals surface area contributed by atoms with E-state index in [0.717, 1.165) is 50.6 Å². The number of nitrogens with one attached hydrogen (secondary N) is 1. The molecule has 1 N–H and O–H groups in total. The van der Waals surface area contributed by atoms with E-state index in [9.17, 15) is 0 Å². The zero-order valence-electron chi connectivity index (χ0n) is 12.6. The van der Waals surface area contributed by atoms with Crippen molar-refractivity contribution in [2.45, 2.75) is 6.42 Å². The fraction of sp³-hybridized carbons (Fsp3) is 0.600. The highest BCUT2D eigenvalue weighted by molar-refractivity contribution is 5.53. The Balaban J connectivity index is 2.06. The topological polar surface area (TPSA) is 43.0 Å². The van der Waals surface area contributed by atoms with E-state index >= 15 is 0 Å². The molecule has 0 amide bonds. The summed E-state index contributed by atoms with van der Waals surface area (Å²) in [6.07, 6.45) is 0.983. The van der Waals surface area contributed by atoms with Crippen molar-refractivity contribution in [2.24, 2.45) is 0 Å². The van der Waals surface area contributed by atoms with Gasteiger partial charge in [0.15, 0.2) is 11.5 Å². The normalized spacial score (nSPS) is 15.9. The quantitative estimate of drug-likeness (QED) is 0.847. The Morgan fingerprint density at radius 3 is 2.10 bits per heavy atom. The van der Waals surface area contributed by atoms with Crippen molar-refractivity contribution in [3.8, 4) is 17.2 Å². The Morgan fingerprint density at radius 2 is 1.60 bits per heavy atom. The Morgan fingerprint density at radius 1 is 1.00 bits per heavy atom. The van der Waals surface area contributed by atoms with E-state index in [-0.39, 0.29) is 0 Å². The number of hydrogen-bond acceptors (Lipinski definition) is 5. The molecule has 1 saturated heterocycles. The van der Waals surface area contributed by atoms with E-state index < -0.39 is 0 Å². The molecule has 1 aromatic carbocycles. The van der Waals surface area contributed by atoms with Crippen LogP contribution in [-0.2, 0) is 6.42 Å². The lowest BCUT2D eigenvalue weighted by molar-refractivity contribution is 0.243. The van der Waals surface area contributed by atoms with Crippen LogP contribution >= 0.6 is 0 Å². The van der Waals surface area contributed by atoms with Crippen LogP contribution in [0.5, 0.6) is 17.2 Å². The molecule has 1 aliphatic heterocycles. The molecule has 0 aromatic heterocycles. The van der Waals surface area contributed by atoms with Gasteiger partial charge in [-0.15, -0.1) is 0 Å². The van der Waals surface area contributed by atoms with Crippen molar-refractivity contribution >= 4 is 0 Å². The van der Waals surface area contributed by atoms with Gasteiger partial charge in [-0.25, -0.2) is 0 Å². The fourth-order valence-corrected chi connectivity index (χ4v) is 2.50. The largest absolute Gasteiger partial charge is 0.493 e. The second-order valence-corrected chi connectivity index (χ2v) is 4.88. The molecular formula is C15H24N2O3. The summed E-state index contributed by atoms with van der Waals surface area (Å²) in [6.45, 7) is 5.44. The highest BCUT2D eigenvalue weighted by Gasteiger charge is 2.14. The van der Waals surface area contributed by atoms with Crippen molar-refractivity contribution in [1.82, 2.24) is 10.2 Å². The summed E-state index contributed by atoms with van der Waals surface area (Å²) in [4.78, 5) is 2.47. The first kappa shape index (κ1) is 14.9. The molecule has 0 radical (unpaired) electrons. The Labute approximate surface area is 120 Å². The van der Waals surface area contributed by atoms with Crippen LogP contribution in [0.4, 0.5) is 0 Å². The van der Waals surface area contributed by atoms with Crippen LogP contribution in [0.1, 0.15) is 5.56 Å². The van der Waals surface area contributed by atoms with E-state index in [2.05, 4.69) is 10.2 Å². The first-order chi connectivity index (χ1) is 9.78. The van der Waals surface area contributed by atoms with Crippen LogP contribution in [0.15, 0.2) is 12.1 Å². The maximum Gasteiger partial charge on any atom is 0.203 e. The zero-order valence-corrected chi connectivity index (χ0v) is 12.6. The van der Waals surface area contributed by atoms with Crippen LogP contribution in [0.25, 0.3) is 0 Å². The summed E-state index contributed by atoms with van der Waals surface area (Å²) in [7, 11) is 4.93. The van der Waals surface area contributed by atoms with Crippen molar-refractivity contribution in [2.75, 3.05) is 54.1 Å². The number of nitrogens with zero attached hydrogens (tertiary/aromatic N) is 1. The van der Waals surface area contributed by atoms with Gasteiger partial charge < -0.3 is 24.4 Å². The second kappa shape index (κ2) is 7.36. The number of methoxy groups -OCH3 is 3. The van der Waals surface area contributed by atoms with Crippen molar-refractivity contribution < 1.29 is 14.2 Å². The van der Waals surface area contributed by atoms with Crippen LogP contribution < -0.4 is 19.5 Å². The van der Waals surface area contributed by atoms with Gasteiger partial charge in [-0.05, 0) is 24.1 Å². The molecule has 1 heterocycles. The maximum atomic E-state index is 5.38. The van der Waals surface area contributed by atoms with Crippen molar-refractivity contribution in [1.29, 1.82) is 0 Å². The molecule has 5 heteroatoms. The molecule has 0 saturated carbocycles. The summed E-state index contributed by atoms with van der Waals surface area (Å²) in [5.41, 5.74) is 1.21. The third-order valence-electron chi connectivity index (χ3n) is 3.65. The Bertz CT molecular complexity index is 406. The summed E-state index contributed by atoms with van der Waals surface area (Å²) < 4.78 is 16.1. The lowest BCUT2D eigenvalue weighted by atomic mass is 10.1. The van der Waals surface area contributed by atoms with Gasteiger partial charge in [-0.1, -0.05) is 0 Å². The first-order valence-corrected chi connectivity index (χ1v) is 7.00. The molecule has 112 valence electrons.